The Kier molecular flexibility index (Phi) is 6.25. The van der Waals surface area contributed by atoms with Crippen LogP contribution in [0.4, 0.5) is 0 Å². The molecule has 0 spiro atoms. The molecule has 1 aliphatic heterocycles. The van der Waals surface area contributed by atoms with E-state index in [-0.39, 0.29) is 17.9 Å². The van der Waals surface area contributed by atoms with E-state index in [9.17, 15) is 4.79 Å². The van der Waals surface area contributed by atoms with E-state index >= 15 is 0 Å². The van der Waals surface area contributed by atoms with E-state index in [0.717, 1.165) is 57.3 Å². The van der Waals surface area contributed by atoms with E-state index in [1.165, 1.54) is 11.1 Å². The van der Waals surface area contributed by atoms with Crippen LogP contribution in [0.2, 0.25) is 10.0 Å². The Morgan fingerprint density at radius 2 is 1.82 bits per heavy atom. The fraction of sp³-hybridized carbons (Fsp3) is 0.435. The van der Waals surface area contributed by atoms with E-state index in [1.807, 2.05) is 18.2 Å². The van der Waals surface area contributed by atoms with Crippen molar-refractivity contribution in [2.24, 2.45) is 5.92 Å². The number of aryl methyl sites for hydroxylation is 1. The maximum atomic E-state index is 12.9. The van der Waals surface area contributed by atoms with Crippen molar-refractivity contribution < 1.29 is 4.79 Å². The number of carbonyl (C=O) groups excluding carboxylic acids is 1. The number of amides is 1. The summed E-state index contributed by atoms with van der Waals surface area (Å²) in [4.78, 5) is 15.2. The Balaban J connectivity index is 1.30. The Morgan fingerprint density at radius 1 is 1.04 bits per heavy atom. The van der Waals surface area contributed by atoms with Gasteiger partial charge >= 0.3 is 0 Å². The normalized spacial score (nSPS) is 20.6. The van der Waals surface area contributed by atoms with Crippen molar-refractivity contribution in [1.29, 1.82) is 0 Å². The van der Waals surface area contributed by atoms with E-state index < -0.39 is 0 Å². The fourth-order valence-corrected chi connectivity index (χ4v) is 4.76. The number of nitrogens with one attached hydrogen (secondary N) is 1. The second-order valence-electron chi connectivity index (χ2n) is 7.95. The van der Waals surface area contributed by atoms with Gasteiger partial charge in [0.2, 0.25) is 5.91 Å². The first-order valence-electron chi connectivity index (χ1n) is 10.1. The highest BCUT2D eigenvalue weighted by atomic mass is 35.5. The fourth-order valence-electron chi connectivity index (χ4n) is 4.44. The highest BCUT2D eigenvalue weighted by Crippen LogP contribution is 2.30. The molecule has 1 atom stereocenters. The van der Waals surface area contributed by atoms with Crippen LogP contribution in [0, 0.1) is 5.92 Å². The van der Waals surface area contributed by atoms with Crippen LogP contribution in [0.1, 0.15) is 48.4 Å². The van der Waals surface area contributed by atoms with Crippen molar-refractivity contribution in [1.82, 2.24) is 10.2 Å². The molecule has 4 rings (SSSR count). The number of fused-ring (bicyclic) bond motifs is 1. The number of carbonyl (C=O) groups is 1. The zero-order valence-electron chi connectivity index (χ0n) is 16.0. The van der Waals surface area contributed by atoms with Crippen molar-refractivity contribution in [3.63, 3.8) is 0 Å². The lowest BCUT2D eigenvalue weighted by Crippen LogP contribution is -2.41. The first kappa shape index (κ1) is 19.8. The van der Waals surface area contributed by atoms with E-state index in [1.54, 1.807) is 0 Å². The summed E-state index contributed by atoms with van der Waals surface area (Å²) in [6, 6.07) is 14.5. The molecule has 1 amide bonds. The summed E-state index contributed by atoms with van der Waals surface area (Å²) in [5.74, 6) is 0.329. The van der Waals surface area contributed by atoms with Crippen molar-refractivity contribution >= 4 is 29.1 Å². The molecule has 2 aliphatic rings. The monoisotopic (exact) mass is 416 g/mol. The number of nitrogens with zero attached hydrogens (tertiary/aromatic N) is 1. The Bertz CT molecular complexity index is 846. The SMILES string of the molecule is O=C(N[C@H]1CCCc2ccccc21)C1CCN(Cc2ccc(Cl)c(Cl)c2)CC1. The molecule has 148 valence electrons. The summed E-state index contributed by atoms with van der Waals surface area (Å²) in [5.41, 5.74) is 3.85. The van der Waals surface area contributed by atoms with E-state index in [2.05, 4.69) is 34.5 Å². The second-order valence-corrected chi connectivity index (χ2v) is 8.77. The summed E-state index contributed by atoms with van der Waals surface area (Å²) in [7, 11) is 0. The van der Waals surface area contributed by atoms with Gasteiger partial charge in [0.1, 0.15) is 0 Å². The Labute approximate surface area is 177 Å². The van der Waals surface area contributed by atoms with Crippen LogP contribution in [0.3, 0.4) is 0 Å². The number of rotatable bonds is 4. The molecule has 1 N–H and O–H groups in total. The molecule has 0 aromatic heterocycles. The first-order valence-corrected chi connectivity index (χ1v) is 10.9. The maximum Gasteiger partial charge on any atom is 0.223 e. The van der Waals surface area contributed by atoms with Crippen molar-refractivity contribution in [3.05, 3.63) is 69.2 Å². The predicted octanol–water partition coefficient (Wildman–Crippen LogP) is 5.40. The average molecular weight is 417 g/mol. The first-order chi connectivity index (χ1) is 13.6. The molecule has 0 unspecified atom stereocenters. The molecular weight excluding hydrogens is 391 g/mol. The van der Waals surface area contributed by atoms with Gasteiger partial charge in [-0.1, -0.05) is 53.5 Å². The second kappa shape index (κ2) is 8.86. The third-order valence-electron chi connectivity index (χ3n) is 6.03. The van der Waals surface area contributed by atoms with Gasteiger partial charge in [0.05, 0.1) is 16.1 Å². The van der Waals surface area contributed by atoms with Gasteiger partial charge in [-0.15, -0.1) is 0 Å². The highest BCUT2D eigenvalue weighted by molar-refractivity contribution is 6.42. The van der Waals surface area contributed by atoms with Gasteiger partial charge in [-0.2, -0.15) is 0 Å². The zero-order valence-corrected chi connectivity index (χ0v) is 17.5. The number of benzene rings is 2. The van der Waals surface area contributed by atoms with Crippen molar-refractivity contribution in [3.8, 4) is 0 Å². The maximum absolute atomic E-state index is 12.9. The summed E-state index contributed by atoms with van der Waals surface area (Å²) in [6.07, 6.45) is 5.11. The zero-order chi connectivity index (χ0) is 19.5. The lowest BCUT2D eigenvalue weighted by Gasteiger charge is -2.33. The van der Waals surface area contributed by atoms with E-state index in [0.29, 0.717) is 10.0 Å². The Morgan fingerprint density at radius 3 is 2.61 bits per heavy atom. The number of piperidine rings is 1. The van der Waals surface area contributed by atoms with Crippen LogP contribution < -0.4 is 5.32 Å². The molecule has 0 radical (unpaired) electrons. The van der Waals surface area contributed by atoms with Crippen LogP contribution in [-0.2, 0) is 17.8 Å². The molecule has 0 bridgehead atoms. The molecule has 5 heteroatoms. The van der Waals surface area contributed by atoms with Crippen LogP contribution in [0.25, 0.3) is 0 Å². The largest absolute Gasteiger partial charge is 0.349 e. The molecule has 3 nitrogen and oxygen atoms in total. The third kappa shape index (κ3) is 4.53. The van der Waals surface area contributed by atoms with Gasteiger partial charge in [0.15, 0.2) is 0 Å². The topological polar surface area (TPSA) is 32.3 Å². The average Bonchev–Trinajstić information content (AvgIpc) is 2.71. The standard InChI is InChI=1S/C23H26Cl2N2O/c24-20-9-8-16(14-21(20)25)15-27-12-10-18(11-13-27)23(28)26-22-7-3-5-17-4-1-2-6-19(17)22/h1-2,4,6,8-9,14,18,22H,3,5,7,10-13,15H2,(H,26,28)/t22-/m0/s1. The molecule has 0 saturated carbocycles. The third-order valence-corrected chi connectivity index (χ3v) is 6.77. The molecule has 2 aromatic carbocycles. The van der Waals surface area contributed by atoms with Crippen molar-refractivity contribution in [2.45, 2.75) is 44.7 Å². The summed E-state index contributed by atoms with van der Waals surface area (Å²) in [5, 5.41) is 4.52. The summed E-state index contributed by atoms with van der Waals surface area (Å²) in [6.45, 7) is 2.71. The van der Waals surface area contributed by atoms with Gasteiger partial charge < -0.3 is 5.32 Å². The Hall–Kier alpha value is -1.55. The smallest absolute Gasteiger partial charge is 0.223 e. The van der Waals surface area contributed by atoms with Crippen LogP contribution in [-0.4, -0.2) is 23.9 Å². The minimum absolute atomic E-state index is 0.110. The van der Waals surface area contributed by atoms with Gasteiger partial charge in [-0.25, -0.2) is 0 Å². The van der Waals surface area contributed by atoms with Gasteiger partial charge in [-0.3, -0.25) is 9.69 Å². The molecule has 28 heavy (non-hydrogen) atoms. The highest BCUT2D eigenvalue weighted by Gasteiger charge is 2.28. The van der Waals surface area contributed by atoms with Crippen LogP contribution >= 0.6 is 23.2 Å². The molecule has 1 fully saturated rings. The van der Waals surface area contributed by atoms with Gasteiger partial charge in [0.25, 0.3) is 0 Å². The molecular formula is C23H26Cl2N2O. The van der Waals surface area contributed by atoms with E-state index in [4.69, 9.17) is 23.2 Å². The molecule has 1 saturated heterocycles. The summed E-state index contributed by atoms with van der Waals surface area (Å²) < 4.78 is 0. The van der Waals surface area contributed by atoms with Crippen LogP contribution in [0.5, 0.6) is 0 Å². The molecule has 1 aliphatic carbocycles. The number of hydrogen-bond acceptors (Lipinski definition) is 2. The number of halogens is 2. The predicted molar refractivity (Wildman–Crippen MR) is 115 cm³/mol. The quantitative estimate of drug-likeness (QED) is 0.723. The molecule has 1 heterocycles. The van der Waals surface area contributed by atoms with Crippen LogP contribution in [0.15, 0.2) is 42.5 Å². The number of likely N-dealkylation sites (tertiary alicyclic amines) is 1. The number of hydrogen-bond donors (Lipinski definition) is 1. The van der Waals surface area contributed by atoms with Crippen molar-refractivity contribution in [2.75, 3.05) is 13.1 Å². The van der Waals surface area contributed by atoms with Gasteiger partial charge in [-0.05, 0) is 74.0 Å². The molecule has 2 aromatic rings. The lowest BCUT2D eigenvalue weighted by atomic mass is 9.87. The minimum atomic E-state index is 0.110. The lowest BCUT2D eigenvalue weighted by molar-refractivity contribution is -0.127. The summed E-state index contributed by atoms with van der Waals surface area (Å²) >= 11 is 12.1. The van der Waals surface area contributed by atoms with Gasteiger partial charge in [0, 0.05) is 12.5 Å². The minimum Gasteiger partial charge on any atom is -0.349 e.